The largest absolute Gasteiger partial charge is 1.00 e. The fourth-order valence-electron chi connectivity index (χ4n) is 2.03. The molecule has 0 bridgehead atoms. The predicted molar refractivity (Wildman–Crippen MR) is 66.0 cm³/mol. The molecule has 0 aliphatic heterocycles. The molecule has 0 aliphatic carbocycles. The smallest absolute Gasteiger partial charge is 0.744 e. The van der Waals surface area contributed by atoms with Gasteiger partial charge in [0.2, 0.25) is 0 Å². The monoisotopic (exact) mass is 272 g/mol. The minimum Gasteiger partial charge on any atom is -0.744 e. The minimum absolute atomic E-state index is 0. The molecule has 0 aromatic heterocycles. The Morgan fingerprint density at radius 1 is 1.00 bits per heavy atom. The Kier molecular flexibility index (Phi) is 4.98. The third-order valence-electron chi connectivity index (χ3n) is 2.81. The average molecular weight is 272 g/mol. The van der Waals surface area contributed by atoms with Crippen LogP contribution in [0.4, 0.5) is 0 Å². The fourth-order valence-corrected chi connectivity index (χ4v) is 2.72. The summed E-state index contributed by atoms with van der Waals surface area (Å²) in [7, 11) is -4.42. The van der Waals surface area contributed by atoms with Crippen molar-refractivity contribution < 1.29 is 42.5 Å². The molecule has 0 radical (unpaired) electrons. The van der Waals surface area contributed by atoms with Gasteiger partial charge in [0.15, 0.2) is 0 Å². The van der Waals surface area contributed by atoms with Crippen molar-refractivity contribution in [1.29, 1.82) is 0 Å². The van der Waals surface area contributed by atoms with E-state index < -0.39 is 10.1 Å². The summed E-state index contributed by atoms with van der Waals surface area (Å²) < 4.78 is 33.5. The fraction of sp³-hybridized carbons (Fsp3) is 0.231. The van der Waals surface area contributed by atoms with Crippen LogP contribution in [0.3, 0.4) is 0 Å². The molecule has 90 valence electrons. The van der Waals surface area contributed by atoms with Crippen molar-refractivity contribution in [3.63, 3.8) is 0 Å². The van der Waals surface area contributed by atoms with Gasteiger partial charge in [-0.2, -0.15) is 0 Å². The molecule has 3 nitrogen and oxygen atoms in total. The maximum atomic E-state index is 11.2. The van der Waals surface area contributed by atoms with Crippen LogP contribution in [0.25, 0.3) is 10.8 Å². The van der Waals surface area contributed by atoms with Crippen LogP contribution in [0.15, 0.2) is 41.3 Å². The van der Waals surface area contributed by atoms with Crippen LogP contribution in [0, 0.1) is 0 Å². The molecule has 2 rings (SSSR count). The standard InChI is InChI=1S/C13H14O3S.Na/c1-9(2)10-5-3-7-12-11(10)6-4-8-13(12)17(14,15)16;/h3-9H,1-2H3,(H,14,15,16);/q;+1/p-1. The van der Waals surface area contributed by atoms with Gasteiger partial charge in [0.05, 0.1) is 4.90 Å². The number of rotatable bonds is 2. The maximum absolute atomic E-state index is 11.2. The SMILES string of the molecule is CC(C)c1cccc2c(S(=O)(=O)[O-])cccc12.[Na+]. The van der Waals surface area contributed by atoms with Gasteiger partial charge in [-0.1, -0.05) is 44.2 Å². The van der Waals surface area contributed by atoms with Gasteiger partial charge in [-0.05, 0) is 28.3 Å². The van der Waals surface area contributed by atoms with E-state index in [4.69, 9.17) is 0 Å². The van der Waals surface area contributed by atoms with Crippen LogP contribution in [0.2, 0.25) is 0 Å². The summed E-state index contributed by atoms with van der Waals surface area (Å²) in [5.41, 5.74) is 1.05. The summed E-state index contributed by atoms with van der Waals surface area (Å²) in [5.74, 6) is 0.281. The topological polar surface area (TPSA) is 57.2 Å². The van der Waals surface area contributed by atoms with Crippen molar-refractivity contribution in [2.75, 3.05) is 0 Å². The van der Waals surface area contributed by atoms with E-state index in [1.807, 2.05) is 26.0 Å². The molecule has 0 fully saturated rings. The van der Waals surface area contributed by atoms with Gasteiger partial charge >= 0.3 is 29.6 Å². The summed E-state index contributed by atoms with van der Waals surface area (Å²) in [6.07, 6.45) is 0. The third kappa shape index (κ3) is 2.95. The van der Waals surface area contributed by atoms with Gasteiger partial charge in [-0.3, -0.25) is 0 Å². The normalized spacial score (nSPS) is 11.6. The van der Waals surface area contributed by atoms with Crippen molar-refractivity contribution in [3.8, 4) is 0 Å². The van der Waals surface area contributed by atoms with E-state index >= 15 is 0 Å². The van der Waals surface area contributed by atoms with E-state index in [0.29, 0.717) is 5.39 Å². The number of fused-ring (bicyclic) bond motifs is 1. The zero-order valence-electron chi connectivity index (χ0n) is 10.7. The molecule has 18 heavy (non-hydrogen) atoms. The summed E-state index contributed by atoms with van der Waals surface area (Å²) in [4.78, 5) is -0.141. The minimum atomic E-state index is -4.42. The Labute approximate surface area is 129 Å². The van der Waals surface area contributed by atoms with Crippen LogP contribution in [0.5, 0.6) is 0 Å². The molecule has 5 heteroatoms. The van der Waals surface area contributed by atoms with Crippen molar-refractivity contribution >= 4 is 20.9 Å². The van der Waals surface area contributed by atoms with Gasteiger partial charge in [-0.25, -0.2) is 8.42 Å². The first kappa shape index (κ1) is 15.7. The van der Waals surface area contributed by atoms with E-state index in [2.05, 4.69) is 0 Å². The van der Waals surface area contributed by atoms with Gasteiger partial charge in [0.25, 0.3) is 0 Å². The van der Waals surface area contributed by atoms with Crippen molar-refractivity contribution in [2.24, 2.45) is 0 Å². The average Bonchev–Trinajstić information content (AvgIpc) is 2.26. The number of benzene rings is 2. The summed E-state index contributed by atoms with van der Waals surface area (Å²) in [5, 5.41) is 1.34. The first-order chi connectivity index (χ1) is 7.91. The zero-order chi connectivity index (χ0) is 12.6. The molecule has 2 aromatic carbocycles. The van der Waals surface area contributed by atoms with E-state index in [-0.39, 0.29) is 40.4 Å². The third-order valence-corrected chi connectivity index (χ3v) is 3.70. The van der Waals surface area contributed by atoms with Gasteiger partial charge in [0.1, 0.15) is 10.1 Å². The summed E-state index contributed by atoms with van der Waals surface area (Å²) >= 11 is 0. The van der Waals surface area contributed by atoms with E-state index in [1.54, 1.807) is 18.2 Å². The molecule has 0 heterocycles. The Morgan fingerprint density at radius 2 is 1.56 bits per heavy atom. The molecule has 0 aliphatic rings. The molecule has 0 amide bonds. The molecule has 2 aromatic rings. The van der Waals surface area contributed by atoms with E-state index in [1.165, 1.54) is 6.07 Å². The molecule has 0 spiro atoms. The van der Waals surface area contributed by atoms with Crippen LogP contribution >= 0.6 is 0 Å². The molecule has 0 saturated heterocycles. The number of hydrogen-bond acceptors (Lipinski definition) is 3. The molecule has 0 atom stereocenters. The van der Waals surface area contributed by atoms with Gasteiger partial charge in [0, 0.05) is 0 Å². The quantitative estimate of drug-likeness (QED) is 0.565. The van der Waals surface area contributed by atoms with Gasteiger partial charge < -0.3 is 4.55 Å². The zero-order valence-corrected chi connectivity index (χ0v) is 13.5. The van der Waals surface area contributed by atoms with Crippen molar-refractivity contribution in [2.45, 2.75) is 24.7 Å². The van der Waals surface area contributed by atoms with Crippen LogP contribution in [-0.4, -0.2) is 13.0 Å². The second-order valence-corrected chi connectivity index (χ2v) is 5.66. The van der Waals surface area contributed by atoms with Crippen molar-refractivity contribution in [1.82, 2.24) is 0 Å². The Balaban J connectivity index is 0.00000162. The summed E-state index contributed by atoms with van der Waals surface area (Å²) in [6, 6.07) is 10.2. The molecule has 0 N–H and O–H groups in total. The Morgan fingerprint density at radius 3 is 2.11 bits per heavy atom. The van der Waals surface area contributed by atoms with E-state index in [0.717, 1.165) is 10.9 Å². The van der Waals surface area contributed by atoms with Crippen molar-refractivity contribution in [3.05, 3.63) is 42.0 Å². The van der Waals surface area contributed by atoms with Gasteiger partial charge in [-0.15, -0.1) is 0 Å². The Bertz CT molecular complexity index is 663. The maximum Gasteiger partial charge on any atom is 1.00 e. The first-order valence-corrected chi connectivity index (χ1v) is 6.79. The molecular weight excluding hydrogens is 259 g/mol. The summed E-state index contributed by atoms with van der Waals surface area (Å²) in [6.45, 7) is 4.07. The predicted octanol–water partition coefficient (Wildman–Crippen LogP) is -0.129. The van der Waals surface area contributed by atoms with Crippen LogP contribution in [-0.2, 0) is 10.1 Å². The second kappa shape index (κ2) is 5.72. The second-order valence-electron chi connectivity index (χ2n) is 4.31. The Hall–Kier alpha value is -0.390. The van der Waals surface area contributed by atoms with E-state index in [9.17, 15) is 13.0 Å². The first-order valence-electron chi connectivity index (χ1n) is 5.39. The van der Waals surface area contributed by atoms with Crippen LogP contribution in [0.1, 0.15) is 25.3 Å². The number of hydrogen-bond donors (Lipinski definition) is 0. The molecular formula is C13H13NaO3S. The molecule has 0 saturated carbocycles. The van der Waals surface area contributed by atoms with Crippen LogP contribution < -0.4 is 29.6 Å². The molecule has 0 unspecified atom stereocenters.